The fraction of sp³-hybridized carbons (Fsp3) is 0.250. The van der Waals surface area contributed by atoms with E-state index in [-0.39, 0.29) is 5.91 Å². The van der Waals surface area contributed by atoms with E-state index in [1.54, 1.807) is 25.5 Å². The Morgan fingerprint density at radius 3 is 2.71 bits per heavy atom. The van der Waals surface area contributed by atoms with Crippen LogP contribution in [0, 0.1) is 0 Å². The maximum Gasteiger partial charge on any atom is 0.216 e. The topological polar surface area (TPSA) is 98.3 Å². The van der Waals surface area contributed by atoms with E-state index in [0.717, 1.165) is 11.3 Å². The molecule has 2 aromatic carbocycles. The molecule has 0 radical (unpaired) electrons. The Balaban J connectivity index is 1.89. The molecule has 8 heteroatoms. The Bertz CT molecular complexity index is 825. The van der Waals surface area contributed by atoms with Gasteiger partial charge < -0.3 is 20.5 Å². The lowest BCUT2D eigenvalue weighted by atomic mass is 10.2. The number of benzene rings is 2. The number of amidine groups is 1. The molecule has 0 aliphatic carbocycles. The largest absolute Gasteiger partial charge is 0.493 e. The second-order valence-corrected chi connectivity index (χ2v) is 6.69. The van der Waals surface area contributed by atoms with Gasteiger partial charge in [0.15, 0.2) is 16.7 Å². The van der Waals surface area contributed by atoms with E-state index in [1.165, 1.54) is 24.2 Å². The predicted octanol–water partition coefficient (Wildman–Crippen LogP) is 2.79. The Hall–Kier alpha value is -3.00. The lowest BCUT2D eigenvalue weighted by molar-refractivity contribution is -0.119. The maximum absolute atomic E-state index is 10.9. The van der Waals surface area contributed by atoms with Crippen LogP contribution >= 0.6 is 11.8 Å². The average Bonchev–Trinajstić information content (AvgIpc) is 2.71. The van der Waals surface area contributed by atoms with E-state index < -0.39 is 0 Å². The third-order valence-electron chi connectivity index (χ3n) is 3.51. The number of carbonyl (C=O) groups is 1. The number of hydrogen-bond donors (Lipinski definition) is 2. The third-order valence-corrected chi connectivity index (χ3v) is 4.37. The van der Waals surface area contributed by atoms with Crippen molar-refractivity contribution in [2.75, 3.05) is 20.3 Å². The molecule has 0 saturated heterocycles. The fourth-order valence-corrected chi connectivity index (χ4v) is 2.80. The first kappa shape index (κ1) is 21.3. The van der Waals surface area contributed by atoms with Crippen LogP contribution in [0.2, 0.25) is 0 Å². The Labute approximate surface area is 169 Å². The van der Waals surface area contributed by atoms with Gasteiger partial charge in [-0.25, -0.2) is 0 Å². The number of nitrogens with one attached hydrogen (secondary N) is 1. The maximum atomic E-state index is 10.9. The highest BCUT2D eigenvalue weighted by Crippen LogP contribution is 2.27. The summed E-state index contributed by atoms with van der Waals surface area (Å²) in [6, 6.07) is 15.4. The SMILES string of the molecule is COc1cc(C=NN=C(N)SCc2ccccc2)ccc1OCCNC(C)=O. The highest BCUT2D eigenvalue weighted by Gasteiger charge is 2.05. The first-order valence-corrected chi connectivity index (χ1v) is 9.65. The van der Waals surface area contributed by atoms with Crippen LogP contribution in [0.5, 0.6) is 11.5 Å². The lowest BCUT2D eigenvalue weighted by Gasteiger charge is -2.11. The number of carbonyl (C=O) groups excluding carboxylic acids is 1. The number of nitrogens with zero attached hydrogens (tertiary/aromatic N) is 2. The highest BCUT2D eigenvalue weighted by atomic mass is 32.2. The Morgan fingerprint density at radius 1 is 1.21 bits per heavy atom. The monoisotopic (exact) mass is 400 g/mol. The molecule has 3 N–H and O–H groups in total. The zero-order valence-electron chi connectivity index (χ0n) is 15.9. The van der Waals surface area contributed by atoms with Crippen LogP contribution in [0.1, 0.15) is 18.1 Å². The molecule has 2 rings (SSSR count). The number of amides is 1. The number of ether oxygens (including phenoxy) is 2. The number of nitrogens with two attached hydrogens (primary N) is 1. The quantitative estimate of drug-likeness (QED) is 0.292. The van der Waals surface area contributed by atoms with Gasteiger partial charge in [0, 0.05) is 12.7 Å². The first-order valence-electron chi connectivity index (χ1n) is 8.67. The molecule has 2 aromatic rings. The number of thioether (sulfide) groups is 1. The minimum absolute atomic E-state index is 0.0936. The molecule has 0 fully saturated rings. The molecule has 0 aliphatic heterocycles. The van der Waals surface area contributed by atoms with Gasteiger partial charge in [-0.1, -0.05) is 42.1 Å². The minimum atomic E-state index is -0.0936. The van der Waals surface area contributed by atoms with Crippen molar-refractivity contribution in [1.29, 1.82) is 0 Å². The molecule has 1 amide bonds. The van der Waals surface area contributed by atoms with E-state index >= 15 is 0 Å². The summed E-state index contributed by atoms with van der Waals surface area (Å²) in [5.74, 6) is 1.81. The molecule has 0 unspecified atom stereocenters. The normalized spacial score (nSPS) is 11.4. The molecular formula is C20H24N4O3S. The summed E-state index contributed by atoms with van der Waals surface area (Å²) >= 11 is 1.43. The van der Waals surface area contributed by atoms with Gasteiger partial charge in [0.2, 0.25) is 5.91 Å². The highest BCUT2D eigenvalue weighted by molar-refractivity contribution is 8.13. The Morgan fingerprint density at radius 2 is 2.00 bits per heavy atom. The van der Waals surface area contributed by atoms with Crippen molar-refractivity contribution in [2.45, 2.75) is 12.7 Å². The van der Waals surface area contributed by atoms with Crippen molar-refractivity contribution >= 4 is 29.1 Å². The van der Waals surface area contributed by atoms with Gasteiger partial charge in [-0.2, -0.15) is 5.10 Å². The van der Waals surface area contributed by atoms with E-state index in [1.807, 2.05) is 36.4 Å². The predicted molar refractivity (Wildman–Crippen MR) is 114 cm³/mol. The first-order chi connectivity index (χ1) is 13.6. The minimum Gasteiger partial charge on any atom is -0.493 e. The van der Waals surface area contributed by atoms with Crippen LogP contribution in [-0.4, -0.2) is 37.6 Å². The van der Waals surface area contributed by atoms with Crippen molar-refractivity contribution in [3.8, 4) is 11.5 Å². The van der Waals surface area contributed by atoms with Gasteiger partial charge in [0.25, 0.3) is 0 Å². The van der Waals surface area contributed by atoms with E-state index in [0.29, 0.717) is 29.8 Å². The standard InChI is InChI=1S/C20H24N4O3S/c1-15(25)22-10-11-27-18-9-8-17(12-19(18)26-2)13-23-24-20(21)28-14-16-6-4-3-5-7-16/h3-9,12-13H,10-11,14H2,1-2H3,(H2,21,24)(H,22,25). The summed E-state index contributed by atoms with van der Waals surface area (Å²) in [6.07, 6.45) is 1.60. The van der Waals surface area contributed by atoms with Gasteiger partial charge in [-0.3, -0.25) is 4.79 Å². The second-order valence-electron chi connectivity index (χ2n) is 5.70. The molecule has 0 aromatic heterocycles. The zero-order valence-corrected chi connectivity index (χ0v) is 16.7. The van der Waals surface area contributed by atoms with Crippen LogP contribution in [-0.2, 0) is 10.5 Å². The lowest BCUT2D eigenvalue weighted by Crippen LogP contribution is -2.25. The molecule has 0 heterocycles. The van der Waals surface area contributed by atoms with Gasteiger partial charge in [0.1, 0.15) is 6.61 Å². The number of methoxy groups -OCH3 is 1. The molecule has 7 nitrogen and oxygen atoms in total. The summed E-state index contributed by atoms with van der Waals surface area (Å²) < 4.78 is 11.0. The summed E-state index contributed by atoms with van der Waals surface area (Å²) in [6.45, 7) is 2.24. The zero-order chi connectivity index (χ0) is 20.2. The van der Waals surface area contributed by atoms with Crippen molar-refractivity contribution in [1.82, 2.24) is 5.32 Å². The molecule has 0 aliphatic rings. The fourth-order valence-electron chi connectivity index (χ4n) is 2.18. The molecule has 148 valence electrons. The van der Waals surface area contributed by atoms with Gasteiger partial charge in [-0.15, -0.1) is 5.10 Å². The van der Waals surface area contributed by atoms with Crippen molar-refractivity contribution in [3.63, 3.8) is 0 Å². The van der Waals surface area contributed by atoms with E-state index in [9.17, 15) is 4.79 Å². The van der Waals surface area contributed by atoms with Crippen molar-refractivity contribution in [2.24, 2.45) is 15.9 Å². The summed E-state index contributed by atoms with van der Waals surface area (Å²) in [5, 5.41) is 11.1. The van der Waals surface area contributed by atoms with Crippen LogP contribution in [0.15, 0.2) is 58.7 Å². The van der Waals surface area contributed by atoms with E-state index in [2.05, 4.69) is 15.5 Å². The smallest absolute Gasteiger partial charge is 0.216 e. The molecule has 0 atom stereocenters. The molecule has 0 saturated carbocycles. The van der Waals surface area contributed by atoms with Crippen molar-refractivity contribution < 1.29 is 14.3 Å². The number of hydrogen-bond acceptors (Lipinski definition) is 6. The summed E-state index contributed by atoms with van der Waals surface area (Å²) in [5.41, 5.74) is 7.86. The van der Waals surface area contributed by atoms with E-state index in [4.69, 9.17) is 15.2 Å². The van der Waals surface area contributed by atoms with Gasteiger partial charge in [0.05, 0.1) is 19.9 Å². The second kappa shape index (κ2) is 11.7. The molecule has 0 bridgehead atoms. The average molecular weight is 401 g/mol. The molecule has 28 heavy (non-hydrogen) atoms. The molecule has 0 spiro atoms. The third kappa shape index (κ3) is 7.71. The molecular weight excluding hydrogens is 376 g/mol. The van der Waals surface area contributed by atoms with Gasteiger partial charge in [-0.05, 0) is 29.3 Å². The van der Waals surface area contributed by atoms with Crippen LogP contribution in [0.4, 0.5) is 0 Å². The summed E-state index contributed by atoms with van der Waals surface area (Å²) in [7, 11) is 1.56. The Kier molecular flexibility index (Phi) is 8.87. The van der Waals surface area contributed by atoms with Crippen LogP contribution in [0.3, 0.4) is 0 Å². The van der Waals surface area contributed by atoms with Crippen LogP contribution in [0.25, 0.3) is 0 Å². The van der Waals surface area contributed by atoms with Gasteiger partial charge >= 0.3 is 0 Å². The van der Waals surface area contributed by atoms with Crippen LogP contribution < -0.4 is 20.5 Å². The number of rotatable bonds is 9. The summed E-state index contributed by atoms with van der Waals surface area (Å²) in [4.78, 5) is 10.9. The van der Waals surface area contributed by atoms with Crippen molar-refractivity contribution in [3.05, 3.63) is 59.7 Å².